The van der Waals surface area contributed by atoms with Crippen molar-refractivity contribution in [3.05, 3.63) is 111 Å². The number of anilines is 1. The van der Waals surface area contributed by atoms with E-state index in [0.717, 1.165) is 26.8 Å². The molecule has 1 aliphatic heterocycles. The lowest BCUT2D eigenvalue weighted by Crippen LogP contribution is -2.54. The second-order valence-electron chi connectivity index (χ2n) is 8.89. The lowest BCUT2D eigenvalue weighted by atomic mass is 10.0. The number of carbonyl (C=O) groups is 3. The molecule has 0 unspecified atom stereocenters. The van der Waals surface area contributed by atoms with E-state index in [4.69, 9.17) is 27.9 Å². The number of amides is 4. The van der Waals surface area contributed by atoms with Crippen LogP contribution in [0.5, 0.6) is 5.75 Å². The molecule has 0 aromatic heterocycles. The van der Waals surface area contributed by atoms with E-state index >= 15 is 0 Å². The zero-order valence-corrected chi connectivity index (χ0v) is 22.1. The number of carbonyl (C=O) groups excluding carboxylic acids is 3. The first kappa shape index (κ1) is 25.5. The van der Waals surface area contributed by atoms with Gasteiger partial charge in [-0.1, -0.05) is 65.7 Å². The molecule has 0 aliphatic carbocycles. The summed E-state index contributed by atoms with van der Waals surface area (Å²) in [6, 6.07) is 21.1. The summed E-state index contributed by atoms with van der Waals surface area (Å²) in [5.74, 6) is -1.16. The molecule has 8 heteroatoms. The minimum absolute atomic E-state index is 0.238. The van der Waals surface area contributed by atoms with Crippen LogP contribution in [0.15, 0.2) is 78.4 Å². The van der Waals surface area contributed by atoms with E-state index in [-0.39, 0.29) is 17.9 Å². The fourth-order valence-electron chi connectivity index (χ4n) is 4.42. The number of benzene rings is 4. The Morgan fingerprint density at radius 1 is 0.921 bits per heavy atom. The van der Waals surface area contributed by atoms with E-state index in [2.05, 4.69) is 11.4 Å². The van der Waals surface area contributed by atoms with Crippen LogP contribution in [0, 0.1) is 13.8 Å². The molecule has 4 amide bonds. The van der Waals surface area contributed by atoms with Crippen LogP contribution in [-0.4, -0.2) is 17.8 Å². The molecular formula is C30H22Cl2N2O4. The van der Waals surface area contributed by atoms with Crippen molar-refractivity contribution in [3.63, 3.8) is 0 Å². The van der Waals surface area contributed by atoms with Crippen molar-refractivity contribution in [3.8, 4) is 5.75 Å². The Bertz CT molecular complexity index is 1660. The summed E-state index contributed by atoms with van der Waals surface area (Å²) in [4.78, 5) is 39.8. The van der Waals surface area contributed by atoms with Crippen LogP contribution < -0.4 is 15.0 Å². The molecule has 1 fully saturated rings. The molecule has 0 bridgehead atoms. The van der Waals surface area contributed by atoms with Gasteiger partial charge in [-0.3, -0.25) is 14.9 Å². The van der Waals surface area contributed by atoms with Crippen LogP contribution in [0.25, 0.3) is 16.8 Å². The van der Waals surface area contributed by atoms with Gasteiger partial charge in [0.15, 0.2) is 0 Å². The maximum atomic E-state index is 13.4. The summed E-state index contributed by atoms with van der Waals surface area (Å²) in [5, 5.41) is 5.20. The van der Waals surface area contributed by atoms with Crippen molar-refractivity contribution in [2.45, 2.75) is 20.5 Å². The predicted molar refractivity (Wildman–Crippen MR) is 150 cm³/mol. The summed E-state index contributed by atoms with van der Waals surface area (Å²) in [5.41, 5.74) is 3.10. The number of halogens is 2. The molecule has 4 aromatic rings. The summed E-state index contributed by atoms with van der Waals surface area (Å²) in [6.45, 7) is 3.97. The molecule has 0 atom stereocenters. The molecule has 5 rings (SSSR count). The van der Waals surface area contributed by atoms with Crippen LogP contribution in [0.3, 0.4) is 0 Å². The summed E-state index contributed by atoms with van der Waals surface area (Å²) in [6.07, 6.45) is 1.38. The quantitative estimate of drug-likeness (QED) is 0.216. The minimum Gasteiger partial charge on any atom is -0.488 e. The molecule has 4 aromatic carbocycles. The highest BCUT2D eigenvalue weighted by Gasteiger charge is 2.37. The zero-order chi connectivity index (χ0) is 27.0. The number of imide groups is 2. The Balaban J connectivity index is 1.52. The summed E-state index contributed by atoms with van der Waals surface area (Å²) in [7, 11) is 0. The van der Waals surface area contributed by atoms with Gasteiger partial charge in [-0.15, -0.1) is 0 Å². The molecule has 1 N–H and O–H groups in total. The SMILES string of the molecule is Cc1ccc2ccccc2c1COc1ccc(Cl)cc1/C=C1\C(=O)NC(=O)N(c2cccc(Cl)c2C)C1=O. The van der Waals surface area contributed by atoms with Crippen molar-refractivity contribution in [1.82, 2.24) is 5.32 Å². The average Bonchev–Trinajstić information content (AvgIpc) is 2.89. The lowest BCUT2D eigenvalue weighted by Gasteiger charge is -2.28. The largest absolute Gasteiger partial charge is 0.488 e. The number of urea groups is 1. The topological polar surface area (TPSA) is 75.7 Å². The number of nitrogens with one attached hydrogen (secondary N) is 1. The standard InChI is InChI=1S/C30H22Cl2N2O4/c1-17-10-11-19-6-3-4-7-22(19)24(17)16-38-27-13-12-21(31)14-20(27)15-23-28(35)33-30(37)34(29(23)36)26-9-5-8-25(32)18(26)2/h3-15H,16H2,1-2H3,(H,33,35,37)/b23-15+. The Morgan fingerprint density at radius 3 is 2.53 bits per heavy atom. The van der Waals surface area contributed by atoms with Gasteiger partial charge in [0.2, 0.25) is 0 Å². The van der Waals surface area contributed by atoms with Gasteiger partial charge in [-0.25, -0.2) is 9.69 Å². The number of hydrogen-bond donors (Lipinski definition) is 1. The van der Waals surface area contributed by atoms with Crippen molar-refractivity contribution in [1.29, 1.82) is 0 Å². The van der Waals surface area contributed by atoms with Crippen LogP contribution in [0.4, 0.5) is 10.5 Å². The Hall–Kier alpha value is -4.13. The van der Waals surface area contributed by atoms with E-state index < -0.39 is 17.8 Å². The van der Waals surface area contributed by atoms with Crippen molar-refractivity contribution in [2.75, 3.05) is 4.90 Å². The van der Waals surface area contributed by atoms with Crippen molar-refractivity contribution < 1.29 is 19.1 Å². The number of ether oxygens (including phenoxy) is 1. The van der Waals surface area contributed by atoms with Crippen LogP contribution in [-0.2, 0) is 16.2 Å². The minimum atomic E-state index is -0.850. The normalized spacial score (nSPS) is 14.8. The van der Waals surface area contributed by atoms with E-state index in [1.54, 1.807) is 43.3 Å². The molecule has 0 radical (unpaired) electrons. The third kappa shape index (κ3) is 4.76. The highest BCUT2D eigenvalue weighted by molar-refractivity contribution is 6.40. The smallest absolute Gasteiger partial charge is 0.335 e. The molecule has 38 heavy (non-hydrogen) atoms. The third-order valence-electron chi connectivity index (χ3n) is 6.50. The number of hydrogen-bond acceptors (Lipinski definition) is 4. The maximum Gasteiger partial charge on any atom is 0.335 e. The van der Waals surface area contributed by atoms with E-state index in [1.807, 2.05) is 37.3 Å². The highest BCUT2D eigenvalue weighted by Crippen LogP contribution is 2.32. The zero-order valence-electron chi connectivity index (χ0n) is 20.5. The fraction of sp³-hybridized carbons (Fsp3) is 0.100. The van der Waals surface area contributed by atoms with Crippen LogP contribution >= 0.6 is 23.2 Å². The van der Waals surface area contributed by atoms with Gasteiger partial charge < -0.3 is 4.74 Å². The number of barbiturate groups is 1. The summed E-state index contributed by atoms with van der Waals surface area (Å²) < 4.78 is 6.20. The van der Waals surface area contributed by atoms with E-state index in [1.165, 1.54) is 6.08 Å². The maximum absolute atomic E-state index is 13.4. The van der Waals surface area contributed by atoms with Gasteiger partial charge in [-0.2, -0.15) is 0 Å². The van der Waals surface area contributed by atoms with Gasteiger partial charge >= 0.3 is 6.03 Å². The Labute approximate surface area is 229 Å². The average molecular weight is 545 g/mol. The second-order valence-corrected chi connectivity index (χ2v) is 9.74. The monoisotopic (exact) mass is 544 g/mol. The van der Waals surface area contributed by atoms with Gasteiger partial charge in [0.05, 0.1) is 5.69 Å². The van der Waals surface area contributed by atoms with E-state index in [0.29, 0.717) is 26.9 Å². The highest BCUT2D eigenvalue weighted by atomic mass is 35.5. The molecule has 6 nitrogen and oxygen atoms in total. The molecule has 1 aliphatic rings. The van der Waals surface area contributed by atoms with Gasteiger partial charge in [-0.05, 0) is 72.2 Å². The first-order valence-corrected chi connectivity index (χ1v) is 12.6. The third-order valence-corrected chi connectivity index (χ3v) is 7.14. The number of aryl methyl sites for hydroxylation is 1. The molecular weight excluding hydrogens is 523 g/mol. The number of nitrogens with zero attached hydrogens (tertiary/aromatic N) is 1. The van der Waals surface area contributed by atoms with Crippen LogP contribution in [0.2, 0.25) is 10.0 Å². The van der Waals surface area contributed by atoms with Gasteiger partial charge in [0.1, 0.15) is 17.9 Å². The van der Waals surface area contributed by atoms with Crippen molar-refractivity contribution in [2.24, 2.45) is 0 Å². The molecule has 1 heterocycles. The van der Waals surface area contributed by atoms with Crippen LogP contribution in [0.1, 0.15) is 22.3 Å². The number of fused-ring (bicyclic) bond motifs is 1. The first-order valence-electron chi connectivity index (χ1n) is 11.8. The molecule has 0 saturated carbocycles. The Morgan fingerprint density at radius 2 is 1.71 bits per heavy atom. The molecule has 0 spiro atoms. The van der Waals surface area contributed by atoms with E-state index in [9.17, 15) is 14.4 Å². The first-order chi connectivity index (χ1) is 18.2. The number of rotatable bonds is 5. The van der Waals surface area contributed by atoms with Crippen molar-refractivity contribution >= 4 is 63.6 Å². The lowest BCUT2D eigenvalue weighted by molar-refractivity contribution is -0.122. The molecule has 1 saturated heterocycles. The molecule has 190 valence electrons. The second kappa shape index (κ2) is 10.3. The fourth-order valence-corrected chi connectivity index (χ4v) is 4.77. The van der Waals surface area contributed by atoms with Gasteiger partial charge in [0, 0.05) is 21.2 Å². The van der Waals surface area contributed by atoms with Gasteiger partial charge in [0.25, 0.3) is 11.8 Å². The summed E-state index contributed by atoms with van der Waals surface area (Å²) >= 11 is 12.5. The Kier molecular flexibility index (Phi) is 6.93. The predicted octanol–water partition coefficient (Wildman–Crippen LogP) is 7.01.